The summed E-state index contributed by atoms with van der Waals surface area (Å²) in [7, 11) is 0. The van der Waals surface area contributed by atoms with Crippen LogP contribution in [0.25, 0.3) is 0 Å². The van der Waals surface area contributed by atoms with Crippen molar-refractivity contribution in [3.8, 4) is 0 Å². The van der Waals surface area contributed by atoms with Gasteiger partial charge in [0, 0.05) is 18.4 Å². The van der Waals surface area contributed by atoms with Gasteiger partial charge in [0.15, 0.2) is 0 Å². The molecule has 0 amide bonds. The Morgan fingerprint density at radius 2 is 1.83 bits per heavy atom. The van der Waals surface area contributed by atoms with E-state index in [9.17, 15) is 0 Å². The number of aryl methyl sites for hydroxylation is 1. The van der Waals surface area contributed by atoms with Gasteiger partial charge in [-0.1, -0.05) is 34.8 Å². The molecule has 0 fully saturated rings. The van der Waals surface area contributed by atoms with Crippen molar-refractivity contribution < 1.29 is 0 Å². The maximum Gasteiger partial charge on any atom is 0.0653 e. The largest absolute Gasteiger partial charge is 0.378 e. The van der Waals surface area contributed by atoms with Gasteiger partial charge in [0.2, 0.25) is 0 Å². The maximum atomic E-state index is 6.10. The van der Waals surface area contributed by atoms with Crippen molar-refractivity contribution in [3.63, 3.8) is 0 Å². The van der Waals surface area contributed by atoms with Crippen LogP contribution in [0, 0.1) is 0 Å². The van der Waals surface area contributed by atoms with E-state index in [1.165, 1.54) is 5.69 Å². The van der Waals surface area contributed by atoms with E-state index < -0.39 is 0 Å². The van der Waals surface area contributed by atoms with Gasteiger partial charge in [-0.25, -0.2) is 0 Å². The molecule has 0 saturated heterocycles. The fourth-order valence-corrected chi connectivity index (χ4v) is 2.38. The lowest BCUT2D eigenvalue weighted by Crippen LogP contribution is -2.06. The minimum Gasteiger partial charge on any atom is -0.378 e. The number of aromatic nitrogens is 1. The molecule has 5 heteroatoms. The molecule has 1 aromatic heterocycles. The SMILES string of the molecule is CCn1cccc1CNc1cc(Cl)c(Cl)cc1Cl. The third-order valence-electron chi connectivity index (χ3n) is 2.73. The molecule has 0 atom stereocenters. The highest BCUT2D eigenvalue weighted by molar-refractivity contribution is 6.44. The van der Waals surface area contributed by atoms with E-state index in [-0.39, 0.29) is 0 Å². The number of nitrogens with one attached hydrogen (secondary N) is 1. The van der Waals surface area contributed by atoms with E-state index in [0.29, 0.717) is 21.6 Å². The second-order valence-corrected chi connectivity index (χ2v) is 5.11. The Morgan fingerprint density at radius 1 is 1.11 bits per heavy atom. The number of anilines is 1. The average Bonchev–Trinajstić information content (AvgIpc) is 2.79. The molecule has 0 aliphatic carbocycles. The van der Waals surface area contributed by atoms with E-state index in [1.807, 2.05) is 12.3 Å². The lowest BCUT2D eigenvalue weighted by molar-refractivity contribution is 0.724. The Hall–Kier alpha value is -0.830. The van der Waals surface area contributed by atoms with Crippen molar-refractivity contribution in [1.29, 1.82) is 0 Å². The molecular weight excluding hydrogens is 291 g/mol. The first-order valence-electron chi connectivity index (χ1n) is 5.64. The normalized spacial score (nSPS) is 10.7. The van der Waals surface area contributed by atoms with Crippen LogP contribution in [0.4, 0.5) is 5.69 Å². The topological polar surface area (TPSA) is 17.0 Å². The Kier molecular flexibility index (Phi) is 4.44. The maximum absolute atomic E-state index is 6.10. The van der Waals surface area contributed by atoms with Crippen LogP contribution < -0.4 is 5.32 Å². The van der Waals surface area contributed by atoms with Gasteiger partial charge in [-0.3, -0.25) is 0 Å². The lowest BCUT2D eigenvalue weighted by Gasteiger charge is -2.11. The fourth-order valence-electron chi connectivity index (χ4n) is 1.76. The summed E-state index contributed by atoms with van der Waals surface area (Å²) in [5.41, 5.74) is 1.98. The van der Waals surface area contributed by atoms with Gasteiger partial charge in [-0.2, -0.15) is 0 Å². The first-order chi connectivity index (χ1) is 8.61. The highest BCUT2D eigenvalue weighted by Gasteiger charge is 2.06. The van der Waals surface area contributed by atoms with Crippen LogP contribution in [0.3, 0.4) is 0 Å². The Labute approximate surface area is 121 Å². The zero-order valence-electron chi connectivity index (χ0n) is 9.88. The summed E-state index contributed by atoms with van der Waals surface area (Å²) in [6, 6.07) is 7.48. The molecule has 0 bridgehead atoms. The fraction of sp³-hybridized carbons (Fsp3) is 0.231. The molecule has 1 aromatic carbocycles. The van der Waals surface area contributed by atoms with E-state index in [0.717, 1.165) is 12.2 Å². The second kappa shape index (κ2) is 5.87. The highest BCUT2D eigenvalue weighted by atomic mass is 35.5. The van der Waals surface area contributed by atoms with E-state index in [2.05, 4.69) is 22.9 Å². The molecule has 0 aliphatic heterocycles. The Balaban J connectivity index is 2.13. The van der Waals surface area contributed by atoms with Crippen molar-refractivity contribution >= 4 is 40.5 Å². The molecule has 2 aromatic rings. The zero-order chi connectivity index (χ0) is 13.1. The molecular formula is C13H13Cl3N2. The van der Waals surface area contributed by atoms with Crippen LogP contribution in [-0.4, -0.2) is 4.57 Å². The predicted octanol–water partition coefficient (Wildman–Crippen LogP) is 5.08. The summed E-state index contributed by atoms with van der Waals surface area (Å²) in [4.78, 5) is 0. The molecule has 0 aliphatic rings. The molecule has 18 heavy (non-hydrogen) atoms. The Bertz CT molecular complexity index is 549. The first kappa shape index (κ1) is 13.6. The third kappa shape index (κ3) is 2.94. The number of rotatable bonds is 4. The number of benzene rings is 1. The Morgan fingerprint density at radius 3 is 2.56 bits per heavy atom. The van der Waals surface area contributed by atoms with Gasteiger partial charge in [-0.15, -0.1) is 0 Å². The average molecular weight is 304 g/mol. The quantitative estimate of drug-likeness (QED) is 0.779. The standard InChI is InChI=1S/C13H13Cl3N2/c1-2-18-5-3-4-9(18)8-17-13-7-11(15)10(14)6-12(13)16/h3-7,17H,2,8H2,1H3. The summed E-state index contributed by atoms with van der Waals surface area (Å²) in [6.45, 7) is 3.74. The number of halogens is 3. The zero-order valence-corrected chi connectivity index (χ0v) is 12.1. The smallest absolute Gasteiger partial charge is 0.0653 e. The molecule has 0 unspecified atom stereocenters. The number of hydrogen-bond acceptors (Lipinski definition) is 1. The second-order valence-electron chi connectivity index (χ2n) is 3.89. The molecule has 1 N–H and O–H groups in total. The van der Waals surface area contributed by atoms with Crippen LogP contribution >= 0.6 is 34.8 Å². The molecule has 1 heterocycles. The van der Waals surface area contributed by atoms with Gasteiger partial charge < -0.3 is 9.88 Å². The summed E-state index contributed by atoms with van der Waals surface area (Å²) in [5.74, 6) is 0. The van der Waals surface area contributed by atoms with Crippen LogP contribution in [0.1, 0.15) is 12.6 Å². The summed E-state index contributed by atoms with van der Waals surface area (Å²) in [5, 5.41) is 4.79. The van der Waals surface area contributed by atoms with Crippen molar-refractivity contribution in [3.05, 3.63) is 51.2 Å². The summed E-state index contributed by atoms with van der Waals surface area (Å²) < 4.78 is 2.17. The molecule has 2 nitrogen and oxygen atoms in total. The monoisotopic (exact) mass is 302 g/mol. The van der Waals surface area contributed by atoms with E-state index in [4.69, 9.17) is 34.8 Å². The molecule has 0 spiro atoms. The van der Waals surface area contributed by atoms with Gasteiger partial charge in [0.25, 0.3) is 0 Å². The van der Waals surface area contributed by atoms with Crippen LogP contribution in [0.15, 0.2) is 30.5 Å². The van der Waals surface area contributed by atoms with Crippen LogP contribution in [-0.2, 0) is 13.1 Å². The van der Waals surface area contributed by atoms with Gasteiger partial charge in [0.05, 0.1) is 27.3 Å². The predicted molar refractivity (Wildman–Crippen MR) is 78.9 cm³/mol. The van der Waals surface area contributed by atoms with Crippen molar-refractivity contribution in [2.24, 2.45) is 0 Å². The van der Waals surface area contributed by atoms with Crippen LogP contribution in [0.5, 0.6) is 0 Å². The summed E-state index contributed by atoms with van der Waals surface area (Å²) >= 11 is 18.0. The van der Waals surface area contributed by atoms with Gasteiger partial charge in [0.1, 0.15) is 0 Å². The third-order valence-corrected chi connectivity index (χ3v) is 3.77. The minimum atomic E-state index is 0.462. The molecule has 0 radical (unpaired) electrons. The lowest BCUT2D eigenvalue weighted by atomic mass is 10.3. The molecule has 0 saturated carbocycles. The summed E-state index contributed by atoms with van der Waals surface area (Å²) in [6.07, 6.45) is 2.05. The van der Waals surface area contributed by atoms with Crippen molar-refractivity contribution in [1.82, 2.24) is 4.57 Å². The minimum absolute atomic E-state index is 0.462. The van der Waals surface area contributed by atoms with Crippen LogP contribution in [0.2, 0.25) is 15.1 Å². The van der Waals surface area contributed by atoms with E-state index >= 15 is 0 Å². The number of nitrogens with zero attached hydrogens (tertiary/aromatic N) is 1. The van der Waals surface area contributed by atoms with Gasteiger partial charge in [-0.05, 0) is 31.2 Å². The molecule has 2 rings (SSSR count). The number of hydrogen-bond donors (Lipinski definition) is 1. The van der Waals surface area contributed by atoms with Gasteiger partial charge >= 0.3 is 0 Å². The van der Waals surface area contributed by atoms with Crippen molar-refractivity contribution in [2.45, 2.75) is 20.0 Å². The highest BCUT2D eigenvalue weighted by Crippen LogP contribution is 2.32. The van der Waals surface area contributed by atoms with E-state index in [1.54, 1.807) is 12.1 Å². The van der Waals surface area contributed by atoms with Crippen molar-refractivity contribution in [2.75, 3.05) is 5.32 Å². The first-order valence-corrected chi connectivity index (χ1v) is 6.77. The molecule has 96 valence electrons.